The van der Waals surface area contributed by atoms with Crippen LogP contribution in [0, 0.1) is 5.92 Å². The SMILES string of the molecule is CCOc1ccc(C(C)(C)C)cc1C(CC)CC(CN)CN. The first-order valence-corrected chi connectivity index (χ1v) is 8.54. The zero-order chi connectivity index (χ0) is 16.8. The van der Waals surface area contributed by atoms with Gasteiger partial charge in [-0.15, -0.1) is 0 Å². The van der Waals surface area contributed by atoms with Gasteiger partial charge < -0.3 is 16.2 Å². The van der Waals surface area contributed by atoms with Crippen molar-refractivity contribution in [2.45, 2.75) is 58.8 Å². The number of benzene rings is 1. The molecular formula is C19H34N2O. The predicted molar refractivity (Wildman–Crippen MR) is 95.6 cm³/mol. The highest BCUT2D eigenvalue weighted by Crippen LogP contribution is 2.36. The molecule has 1 unspecified atom stereocenters. The summed E-state index contributed by atoms with van der Waals surface area (Å²) in [5.41, 5.74) is 14.5. The van der Waals surface area contributed by atoms with Crippen molar-refractivity contribution in [1.82, 2.24) is 0 Å². The number of rotatable bonds is 8. The Morgan fingerprint density at radius 1 is 1.09 bits per heavy atom. The van der Waals surface area contributed by atoms with Crippen LogP contribution in [0.15, 0.2) is 18.2 Å². The summed E-state index contributed by atoms with van der Waals surface area (Å²) in [6, 6.07) is 6.63. The molecule has 0 aliphatic carbocycles. The summed E-state index contributed by atoms with van der Waals surface area (Å²) in [6.45, 7) is 13.0. The molecule has 4 N–H and O–H groups in total. The van der Waals surface area contributed by atoms with Gasteiger partial charge in [0.2, 0.25) is 0 Å². The predicted octanol–water partition coefficient (Wildman–Crippen LogP) is 3.80. The Kier molecular flexibility index (Phi) is 7.37. The molecule has 0 saturated carbocycles. The number of nitrogens with two attached hydrogens (primary N) is 2. The summed E-state index contributed by atoms with van der Waals surface area (Å²) >= 11 is 0. The average Bonchev–Trinajstić information content (AvgIpc) is 2.48. The van der Waals surface area contributed by atoms with Crippen molar-refractivity contribution in [3.8, 4) is 5.75 Å². The Balaban J connectivity index is 3.19. The first kappa shape index (κ1) is 19.0. The molecule has 0 aromatic heterocycles. The van der Waals surface area contributed by atoms with E-state index in [2.05, 4.69) is 45.9 Å². The Bertz CT molecular complexity index is 447. The monoisotopic (exact) mass is 306 g/mol. The van der Waals surface area contributed by atoms with E-state index < -0.39 is 0 Å². The number of hydrogen-bond acceptors (Lipinski definition) is 3. The second-order valence-electron chi connectivity index (χ2n) is 7.11. The van der Waals surface area contributed by atoms with E-state index in [4.69, 9.17) is 16.2 Å². The summed E-state index contributed by atoms with van der Waals surface area (Å²) in [5.74, 6) is 1.83. The summed E-state index contributed by atoms with van der Waals surface area (Å²) in [6.07, 6.45) is 2.10. The van der Waals surface area contributed by atoms with Gasteiger partial charge in [-0.1, -0.05) is 39.8 Å². The summed E-state index contributed by atoms with van der Waals surface area (Å²) in [5, 5.41) is 0. The van der Waals surface area contributed by atoms with Crippen molar-refractivity contribution in [1.29, 1.82) is 0 Å². The minimum Gasteiger partial charge on any atom is -0.494 e. The van der Waals surface area contributed by atoms with E-state index in [1.807, 2.05) is 6.92 Å². The Morgan fingerprint density at radius 2 is 1.73 bits per heavy atom. The molecule has 0 saturated heterocycles. The van der Waals surface area contributed by atoms with E-state index in [-0.39, 0.29) is 5.41 Å². The molecule has 3 heteroatoms. The third kappa shape index (κ3) is 4.99. The fourth-order valence-corrected chi connectivity index (χ4v) is 2.83. The van der Waals surface area contributed by atoms with Crippen LogP contribution in [0.25, 0.3) is 0 Å². The molecular weight excluding hydrogens is 272 g/mol. The first-order chi connectivity index (χ1) is 10.4. The van der Waals surface area contributed by atoms with Crippen LogP contribution >= 0.6 is 0 Å². The molecule has 0 aliphatic heterocycles. The third-order valence-electron chi connectivity index (χ3n) is 4.39. The maximum Gasteiger partial charge on any atom is 0.122 e. The van der Waals surface area contributed by atoms with Crippen LogP contribution in [0.4, 0.5) is 0 Å². The van der Waals surface area contributed by atoms with Gasteiger partial charge in [-0.2, -0.15) is 0 Å². The molecule has 0 radical (unpaired) electrons. The van der Waals surface area contributed by atoms with Gasteiger partial charge in [0.05, 0.1) is 6.61 Å². The lowest BCUT2D eigenvalue weighted by Gasteiger charge is -2.26. The van der Waals surface area contributed by atoms with Gasteiger partial charge in [0.15, 0.2) is 0 Å². The Labute approximate surface area is 136 Å². The lowest BCUT2D eigenvalue weighted by molar-refractivity contribution is 0.329. The van der Waals surface area contributed by atoms with Crippen molar-refractivity contribution in [2.24, 2.45) is 17.4 Å². The van der Waals surface area contributed by atoms with Crippen molar-refractivity contribution in [2.75, 3.05) is 19.7 Å². The molecule has 1 aromatic carbocycles. The fourth-order valence-electron chi connectivity index (χ4n) is 2.83. The molecule has 0 fully saturated rings. The topological polar surface area (TPSA) is 61.3 Å². The maximum absolute atomic E-state index is 5.87. The molecule has 0 bridgehead atoms. The molecule has 3 nitrogen and oxygen atoms in total. The minimum absolute atomic E-state index is 0.138. The van der Waals surface area contributed by atoms with Crippen LogP contribution in [0.2, 0.25) is 0 Å². The van der Waals surface area contributed by atoms with Gasteiger partial charge in [-0.05, 0) is 67.3 Å². The van der Waals surface area contributed by atoms with Gasteiger partial charge in [0.1, 0.15) is 5.75 Å². The standard InChI is InChI=1S/C19H34N2O/c1-6-15(10-14(12-20)13-21)17-11-16(19(3,4)5)8-9-18(17)22-7-2/h8-9,11,14-15H,6-7,10,12-13,20-21H2,1-5H3. The van der Waals surface area contributed by atoms with Crippen molar-refractivity contribution in [3.63, 3.8) is 0 Å². The molecule has 1 atom stereocenters. The van der Waals surface area contributed by atoms with Gasteiger partial charge in [-0.3, -0.25) is 0 Å². The van der Waals surface area contributed by atoms with E-state index in [0.29, 0.717) is 31.5 Å². The first-order valence-electron chi connectivity index (χ1n) is 8.54. The maximum atomic E-state index is 5.87. The Hall–Kier alpha value is -1.06. The lowest BCUT2D eigenvalue weighted by atomic mass is 9.81. The molecule has 0 aliphatic rings. The van der Waals surface area contributed by atoms with Crippen LogP contribution in [0.5, 0.6) is 5.75 Å². The molecule has 0 amide bonds. The number of ether oxygens (including phenoxy) is 1. The largest absolute Gasteiger partial charge is 0.494 e. The molecule has 0 spiro atoms. The molecule has 22 heavy (non-hydrogen) atoms. The lowest BCUT2D eigenvalue weighted by Crippen LogP contribution is -2.25. The molecule has 126 valence electrons. The van der Waals surface area contributed by atoms with E-state index in [0.717, 1.165) is 18.6 Å². The number of hydrogen-bond donors (Lipinski definition) is 2. The molecule has 1 rings (SSSR count). The van der Waals surface area contributed by atoms with Gasteiger partial charge in [-0.25, -0.2) is 0 Å². The van der Waals surface area contributed by atoms with E-state index in [1.54, 1.807) is 0 Å². The van der Waals surface area contributed by atoms with Crippen LogP contribution < -0.4 is 16.2 Å². The summed E-state index contributed by atoms with van der Waals surface area (Å²) < 4.78 is 5.87. The van der Waals surface area contributed by atoms with Crippen LogP contribution in [0.3, 0.4) is 0 Å². The highest BCUT2D eigenvalue weighted by Gasteiger charge is 2.22. The van der Waals surface area contributed by atoms with Crippen LogP contribution in [0.1, 0.15) is 64.5 Å². The van der Waals surface area contributed by atoms with Gasteiger partial charge in [0, 0.05) is 0 Å². The highest BCUT2D eigenvalue weighted by molar-refractivity contribution is 5.42. The zero-order valence-electron chi connectivity index (χ0n) is 15.0. The normalized spacial score (nSPS) is 13.5. The second kappa shape index (κ2) is 8.54. The fraction of sp³-hybridized carbons (Fsp3) is 0.684. The summed E-state index contributed by atoms with van der Waals surface area (Å²) in [7, 11) is 0. The quantitative estimate of drug-likeness (QED) is 0.768. The average molecular weight is 306 g/mol. The van der Waals surface area contributed by atoms with Gasteiger partial charge >= 0.3 is 0 Å². The van der Waals surface area contributed by atoms with Crippen LogP contribution in [-0.2, 0) is 5.41 Å². The minimum atomic E-state index is 0.138. The van der Waals surface area contributed by atoms with E-state index in [9.17, 15) is 0 Å². The van der Waals surface area contributed by atoms with E-state index >= 15 is 0 Å². The second-order valence-corrected chi connectivity index (χ2v) is 7.11. The summed E-state index contributed by atoms with van der Waals surface area (Å²) in [4.78, 5) is 0. The molecule has 0 heterocycles. The van der Waals surface area contributed by atoms with Crippen LogP contribution in [-0.4, -0.2) is 19.7 Å². The van der Waals surface area contributed by atoms with Gasteiger partial charge in [0.25, 0.3) is 0 Å². The molecule has 1 aromatic rings. The third-order valence-corrected chi connectivity index (χ3v) is 4.39. The van der Waals surface area contributed by atoms with Crippen molar-refractivity contribution in [3.05, 3.63) is 29.3 Å². The van der Waals surface area contributed by atoms with E-state index in [1.165, 1.54) is 11.1 Å². The zero-order valence-corrected chi connectivity index (χ0v) is 15.0. The smallest absolute Gasteiger partial charge is 0.122 e. The Morgan fingerprint density at radius 3 is 2.18 bits per heavy atom. The van der Waals surface area contributed by atoms with Crippen molar-refractivity contribution >= 4 is 0 Å². The highest BCUT2D eigenvalue weighted by atomic mass is 16.5. The van der Waals surface area contributed by atoms with Crippen molar-refractivity contribution < 1.29 is 4.74 Å².